The topological polar surface area (TPSA) is 111 Å². The Labute approximate surface area is 227 Å². The van der Waals surface area contributed by atoms with E-state index in [-0.39, 0.29) is 5.41 Å². The maximum Gasteiger partial charge on any atom is 0.321 e. The predicted molar refractivity (Wildman–Crippen MR) is 149 cm³/mol. The Morgan fingerprint density at radius 2 is 1.63 bits per heavy atom. The molecule has 0 heterocycles. The van der Waals surface area contributed by atoms with Gasteiger partial charge in [-0.15, -0.1) is 0 Å². The zero-order valence-electron chi connectivity index (χ0n) is 22.8. The van der Waals surface area contributed by atoms with Crippen LogP contribution in [0.1, 0.15) is 94.6 Å². The van der Waals surface area contributed by atoms with Gasteiger partial charge in [0.05, 0.1) is 0 Å². The van der Waals surface area contributed by atoms with E-state index in [2.05, 4.69) is 16.7 Å². The first-order chi connectivity index (χ1) is 18.5. The molecule has 0 spiro atoms. The molecular formula is C31H47N3O4. The summed E-state index contributed by atoms with van der Waals surface area (Å²) in [5, 5.41) is 26.1. The minimum Gasteiger partial charge on any atom is -0.480 e. The Bertz CT molecular complexity index is 929. The van der Waals surface area contributed by atoms with Crippen molar-refractivity contribution in [1.29, 1.82) is 0 Å². The van der Waals surface area contributed by atoms with Crippen molar-refractivity contribution in [3.05, 3.63) is 41.5 Å². The third-order valence-corrected chi connectivity index (χ3v) is 9.60. The molecule has 0 unspecified atom stereocenters. The molecule has 7 heteroatoms. The van der Waals surface area contributed by atoms with E-state index < -0.39 is 17.9 Å². The van der Waals surface area contributed by atoms with Crippen molar-refractivity contribution >= 4 is 18.0 Å². The summed E-state index contributed by atoms with van der Waals surface area (Å²) in [4.78, 5) is 23.7. The number of nitrogens with one attached hydrogen (secondary N) is 3. The van der Waals surface area contributed by atoms with Crippen molar-refractivity contribution in [2.24, 2.45) is 23.2 Å². The lowest BCUT2D eigenvalue weighted by Gasteiger charge is -2.47. The van der Waals surface area contributed by atoms with Gasteiger partial charge in [-0.25, -0.2) is 5.48 Å². The standard InChI is InChI=1S/C31H47N3O4/c35-28(34-38)16-15-23-7-6-8-26(19-23)21-32-20-24-11-13-25(14-12-24)22-33-29(30(36)37)31(17-4-1-5-18-31)27-9-2-3-10-27/h6-8,15-16,19,24-25,27,29,32-33,38H,1-5,9-14,17-18,20-22H2,(H,34,35)(H,36,37)/t24?,25?,29-/m1/s1. The Morgan fingerprint density at radius 3 is 2.29 bits per heavy atom. The molecule has 3 aliphatic rings. The summed E-state index contributed by atoms with van der Waals surface area (Å²) in [6.45, 7) is 2.59. The van der Waals surface area contributed by atoms with Gasteiger partial charge in [-0.2, -0.15) is 0 Å². The second-order valence-corrected chi connectivity index (χ2v) is 12.0. The predicted octanol–water partition coefficient (Wildman–Crippen LogP) is 5.28. The number of carboxylic acid groups (broad SMARTS) is 1. The fourth-order valence-corrected chi connectivity index (χ4v) is 7.54. The maximum absolute atomic E-state index is 12.5. The van der Waals surface area contributed by atoms with Crippen LogP contribution in [-0.4, -0.2) is 41.3 Å². The van der Waals surface area contributed by atoms with Crippen LogP contribution in [0.25, 0.3) is 6.08 Å². The summed E-state index contributed by atoms with van der Waals surface area (Å²) < 4.78 is 0. The molecule has 0 radical (unpaired) electrons. The summed E-state index contributed by atoms with van der Waals surface area (Å²) in [6.07, 6.45) is 18.4. The van der Waals surface area contributed by atoms with E-state index in [1.807, 2.05) is 18.2 Å². The van der Waals surface area contributed by atoms with Gasteiger partial charge in [0, 0.05) is 12.6 Å². The first kappa shape index (κ1) is 28.8. The van der Waals surface area contributed by atoms with Gasteiger partial charge in [-0.3, -0.25) is 14.8 Å². The molecule has 1 aromatic rings. The van der Waals surface area contributed by atoms with Crippen LogP contribution < -0.4 is 16.1 Å². The van der Waals surface area contributed by atoms with Gasteiger partial charge < -0.3 is 15.7 Å². The average molecular weight is 526 g/mol. The van der Waals surface area contributed by atoms with Gasteiger partial charge in [-0.05, 0) is 105 Å². The highest BCUT2D eigenvalue weighted by molar-refractivity contribution is 5.90. The van der Waals surface area contributed by atoms with Gasteiger partial charge >= 0.3 is 5.97 Å². The van der Waals surface area contributed by atoms with Gasteiger partial charge in [0.1, 0.15) is 6.04 Å². The van der Waals surface area contributed by atoms with Crippen molar-refractivity contribution in [2.75, 3.05) is 13.1 Å². The number of hydroxylamine groups is 1. The van der Waals surface area contributed by atoms with Crippen LogP contribution in [-0.2, 0) is 16.1 Å². The van der Waals surface area contributed by atoms with Gasteiger partial charge in [0.2, 0.25) is 0 Å². The number of benzene rings is 1. The highest BCUT2D eigenvalue weighted by atomic mass is 16.5. The van der Waals surface area contributed by atoms with Crippen LogP contribution in [0.4, 0.5) is 0 Å². The number of rotatable bonds is 12. The highest BCUT2D eigenvalue weighted by Crippen LogP contribution is 2.51. The SMILES string of the molecule is O=C(C=Cc1cccc(CNCC2CCC(CN[C@H](C(=O)O)C3(C4CCCC4)CCCCC3)CC2)c1)NO. The molecule has 1 aromatic carbocycles. The zero-order chi connectivity index (χ0) is 26.8. The quantitative estimate of drug-likeness (QED) is 0.144. The van der Waals surface area contributed by atoms with E-state index in [1.54, 1.807) is 11.6 Å². The Balaban J connectivity index is 1.21. The summed E-state index contributed by atoms with van der Waals surface area (Å²) in [7, 11) is 0. The molecule has 0 saturated heterocycles. The lowest BCUT2D eigenvalue weighted by Crippen LogP contribution is -2.55. The number of hydrogen-bond acceptors (Lipinski definition) is 5. The molecule has 5 N–H and O–H groups in total. The van der Waals surface area contributed by atoms with E-state index in [9.17, 15) is 14.7 Å². The molecule has 0 bridgehead atoms. The van der Waals surface area contributed by atoms with E-state index >= 15 is 0 Å². The third-order valence-electron chi connectivity index (χ3n) is 9.60. The lowest BCUT2D eigenvalue weighted by atomic mass is 9.61. The monoisotopic (exact) mass is 525 g/mol. The van der Waals surface area contributed by atoms with Crippen LogP contribution >= 0.6 is 0 Å². The van der Waals surface area contributed by atoms with Crippen molar-refractivity contribution in [3.63, 3.8) is 0 Å². The van der Waals surface area contributed by atoms with Crippen molar-refractivity contribution in [3.8, 4) is 0 Å². The van der Waals surface area contributed by atoms with Crippen LogP contribution in [0.15, 0.2) is 30.3 Å². The molecule has 38 heavy (non-hydrogen) atoms. The van der Waals surface area contributed by atoms with Crippen LogP contribution in [0.3, 0.4) is 0 Å². The van der Waals surface area contributed by atoms with Crippen LogP contribution in [0.5, 0.6) is 0 Å². The number of aliphatic carboxylic acids is 1. The summed E-state index contributed by atoms with van der Waals surface area (Å²) >= 11 is 0. The highest BCUT2D eigenvalue weighted by Gasteiger charge is 2.49. The fraction of sp³-hybridized carbons (Fsp3) is 0.677. The van der Waals surface area contributed by atoms with Crippen molar-refractivity contribution < 1.29 is 19.9 Å². The van der Waals surface area contributed by atoms with Crippen LogP contribution in [0.2, 0.25) is 0 Å². The molecule has 3 fully saturated rings. The summed E-state index contributed by atoms with van der Waals surface area (Å²) in [6, 6.07) is 7.62. The molecule has 1 amide bonds. The molecule has 210 valence electrons. The largest absolute Gasteiger partial charge is 0.480 e. The Kier molecular flexibility index (Phi) is 10.8. The van der Waals surface area contributed by atoms with Gasteiger partial charge in [0.25, 0.3) is 5.91 Å². The fourth-order valence-electron chi connectivity index (χ4n) is 7.54. The Hall–Kier alpha value is -2.22. The second-order valence-electron chi connectivity index (χ2n) is 12.0. The normalized spacial score (nSPS) is 24.9. The van der Waals surface area contributed by atoms with Crippen molar-refractivity contribution in [1.82, 2.24) is 16.1 Å². The minimum atomic E-state index is -0.632. The van der Waals surface area contributed by atoms with E-state index in [0.29, 0.717) is 17.8 Å². The molecule has 0 aliphatic heterocycles. The van der Waals surface area contributed by atoms with Gasteiger partial charge in [0.15, 0.2) is 0 Å². The lowest BCUT2D eigenvalue weighted by molar-refractivity contribution is -0.146. The smallest absolute Gasteiger partial charge is 0.321 e. The minimum absolute atomic E-state index is 0.0416. The van der Waals surface area contributed by atoms with E-state index in [4.69, 9.17) is 5.21 Å². The second kappa shape index (κ2) is 14.2. The third kappa shape index (κ3) is 7.67. The first-order valence-electron chi connectivity index (χ1n) is 14.9. The number of amides is 1. The molecule has 1 atom stereocenters. The van der Waals surface area contributed by atoms with Crippen molar-refractivity contribution in [2.45, 2.75) is 96.1 Å². The molecular weight excluding hydrogens is 478 g/mol. The summed E-state index contributed by atoms with van der Waals surface area (Å²) in [5.41, 5.74) is 3.64. The molecule has 0 aromatic heterocycles. The molecule has 4 rings (SSSR count). The average Bonchev–Trinajstić information content (AvgIpc) is 3.49. The molecule has 3 aliphatic carbocycles. The molecule has 3 saturated carbocycles. The molecule has 7 nitrogen and oxygen atoms in total. The van der Waals surface area contributed by atoms with E-state index in [1.165, 1.54) is 63.9 Å². The van der Waals surface area contributed by atoms with Gasteiger partial charge in [-0.1, -0.05) is 56.4 Å². The summed E-state index contributed by atoms with van der Waals surface area (Å²) in [5.74, 6) is 0.626. The number of carbonyl (C=O) groups excluding carboxylic acids is 1. The van der Waals surface area contributed by atoms with E-state index in [0.717, 1.165) is 56.4 Å². The number of carboxylic acids is 1. The number of carbonyl (C=O) groups is 2. The first-order valence-corrected chi connectivity index (χ1v) is 14.9. The Morgan fingerprint density at radius 1 is 0.947 bits per heavy atom. The maximum atomic E-state index is 12.5. The van der Waals surface area contributed by atoms with Crippen LogP contribution in [0, 0.1) is 23.2 Å². The number of hydrogen-bond donors (Lipinski definition) is 5. The zero-order valence-corrected chi connectivity index (χ0v) is 22.8.